The number of non-ortho nitro benzene ring substituents is 1. The Bertz CT molecular complexity index is 2500. The molecule has 4 aliphatic rings. The van der Waals surface area contributed by atoms with Crippen molar-refractivity contribution in [1.82, 2.24) is 19.6 Å². The summed E-state index contributed by atoms with van der Waals surface area (Å²) in [7, 11) is 0. The van der Waals surface area contributed by atoms with Crippen LogP contribution in [0.1, 0.15) is 107 Å². The van der Waals surface area contributed by atoms with Gasteiger partial charge in [-0.05, 0) is 81.5 Å². The highest BCUT2D eigenvalue weighted by molar-refractivity contribution is 5.89. The molecule has 6 unspecified atom stereocenters. The largest absolute Gasteiger partial charge is 0.479 e. The van der Waals surface area contributed by atoms with Gasteiger partial charge in [-0.15, -0.1) is 5.10 Å². The fraction of sp³-hybridized carbons (Fsp3) is 0.635. The smallest absolute Gasteiger partial charge is 0.338 e. The normalized spacial score (nSPS) is 31.2. The van der Waals surface area contributed by atoms with E-state index in [4.69, 9.17) is 28.4 Å². The fourth-order valence-corrected chi connectivity index (χ4v) is 10.9. The molecular weight excluding hydrogens is 967 g/mol. The predicted molar refractivity (Wildman–Crippen MR) is 260 cm³/mol. The van der Waals surface area contributed by atoms with Gasteiger partial charge >= 0.3 is 11.9 Å². The Morgan fingerprint density at radius 1 is 0.865 bits per heavy atom. The van der Waals surface area contributed by atoms with E-state index in [1.807, 2.05) is 23.9 Å². The van der Waals surface area contributed by atoms with E-state index >= 15 is 0 Å². The summed E-state index contributed by atoms with van der Waals surface area (Å²) in [6, 6.07) is 14.5. The van der Waals surface area contributed by atoms with Gasteiger partial charge in [-0.3, -0.25) is 14.9 Å². The molecule has 2 saturated heterocycles. The zero-order chi connectivity index (χ0) is 52.6. The quantitative estimate of drug-likeness (QED) is 0.0280. The minimum atomic E-state index is -1.69. The average molecular weight is 1040 g/mol. The molecule has 22 nitrogen and oxygen atoms in total. The van der Waals surface area contributed by atoms with Gasteiger partial charge in [0.05, 0.1) is 52.8 Å². The number of aliphatic hydroxyl groups is 5. The van der Waals surface area contributed by atoms with Crippen LogP contribution in [0.25, 0.3) is 10.9 Å². The van der Waals surface area contributed by atoms with Crippen LogP contribution in [0.4, 0.5) is 5.69 Å². The third-order valence-electron chi connectivity index (χ3n) is 15.1. The highest BCUT2D eigenvalue weighted by Gasteiger charge is 2.54. The number of aliphatic carboxylic acids is 1. The van der Waals surface area contributed by atoms with E-state index in [1.165, 1.54) is 31.2 Å². The second-order valence-corrected chi connectivity index (χ2v) is 20.4. The van der Waals surface area contributed by atoms with Crippen molar-refractivity contribution in [2.45, 2.75) is 184 Å². The maximum Gasteiger partial charge on any atom is 0.338 e. The molecule has 0 bridgehead atoms. The molecule has 2 saturated carbocycles. The average Bonchev–Trinajstić information content (AvgIpc) is 4.03. The Balaban J connectivity index is 0.971. The minimum Gasteiger partial charge on any atom is -0.479 e. The zero-order valence-electron chi connectivity index (χ0n) is 41.6. The Kier molecular flexibility index (Phi) is 18.6. The minimum absolute atomic E-state index is 0.0124. The molecule has 4 heterocycles. The number of nitro groups is 1. The lowest BCUT2D eigenvalue weighted by Crippen LogP contribution is -2.64. The van der Waals surface area contributed by atoms with Crippen molar-refractivity contribution in [3.8, 4) is 0 Å². The lowest BCUT2D eigenvalue weighted by atomic mass is 9.75. The van der Waals surface area contributed by atoms with Gasteiger partial charge in [0.2, 0.25) is 0 Å². The fourth-order valence-electron chi connectivity index (χ4n) is 10.9. The van der Waals surface area contributed by atoms with E-state index < -0.39 is 115 Å². The van der Waals surface area contributed by atoms with Crippen molar-refractivity contribution in [3.05, 3.63) is 88.4 Å². The number of aryl methyl sites for hydroxylation is 1. The zero-order valence-corrected chi connectivity index (χ0v) is 41.6. The van der Waals surface area contributed by atoms with Gasteiger partial charge in [0, 0.05) is 36.1 Å². The first kappa shape index (κ1) is 55.0. The van der Waals surface area contributed by atoms with E-state index in [9.17, 15) is 55.1 Å². The maximum absolute atomic E-state index is 14.2. The third kappa shape index (κ3) is 13.2. The molecule has 6 N–H and O–H groups in total. The molecule has 0 spiro atoms. The van der Waals surface area contributed by atoms with Crippen LogP contribution in [-0.4, -0.2) is 159 Å². The van der Waals surface area contributed by atoms with Gasteiger partial charge in [0.25, 0.3) is 5.69 Å². The van der Waals surface area contributed by atoms with Crippen molar-refractivity contribution < 1.29 is 78.4 Å². The summed E-state index contributed by atoms with van der Waals surface area (Å²) in [4.78, 5) is 51.7. The van der Waals surface area contributed by atoms with Crippen LogP contribution in [0.5, 0.6) is 0 Å². The number of nitrogens with zero attached hydrogens (tertiary/aromatic N) is 5. The molecule has 4 aromatic rings. The Hall–Kier alpha value is -5.27. The number of carboxylic acids is 1. The van der Waals surface area contributed by atoms with Crippen molar-refractivity contribution in [2.24, 2.45) is 17.8 Å². The first-order valence-electron chi connectivity index (χ1n) is 25.8. The summed E-state index contributed by atoms with van der Waals surface area (Å²) < 4.78 is 41.1. The molecule has 2 aromatic carbocycles. The maximum atomic E-state index is 14.2. The van der Waals surface area contributed by atoms with Gasteiger partial charge in [-0.2, -0.15) is 0 Å². The van der Waals surface area contributed by atoms with Crippen LogP contribution in [0, 0.1) is 27.9 Å². The summed E-state index contributed by atoms with van der Waals surface area (Å²) in [6.45, 7) is 2.93. The number of esters is 1. The summed E-state index contributed by atoms with van der Waals surface area (Å²) in [5.74, 6) is -3.22. The molecule has 74 heavy (non-hydrogen) atoms. The number of carbonyl (C=O) groups excluding carboxylic acids is 2. The van der Waals surface area contributed by atoms with Gasteiger partial charge in [0.1, 0.15) is 49.1 Å². The van der Waals surface area contributed by atoms with Gasteiger partial charge in [-0.25, -0.2) is 14.3 Å². The SMILES string of the molecule is CC1O[C@@H](O[C@@H]2C(C)CC(C(=O)CCCCCc3cn(Cn4ccc5cc([N+](=O)[O-])ccc54)nn3)C[C@H]2O[C@@H]2O[C@@H](CO)[C@H](O)C(O[C@@H](CC3CCCCC3)C(=O)O)C2OC(=O)c2ccccc2)C(O)[C@@H](O)[C@@H]1O. The number of benzene rings is 2. The monoisotopic (exact) mass is 1040 g/mol. The molecule has 2 aliphatic heterocycles. The molecule has 0 amide bonds. The number of carboxylic acid groups (broad SMARTS) is 1. The van der Waals surface area contributed by atoms with Crippen LogP contribution in [-0.2, 0) is 51.1 Å². The molecule has 0 radical (unpaired) electrons. The number of Topliss-reactive ketones (excluding diaryl/α,β-unsaturated/α-hetero) is 1. The molecule has 2 aliphatic carbocycles. The standard InChI is InChI=1S/C52H69N5O17/c1-29-22-34(38(59)17-11-5-10-16-35-26-56(54-53-35)28-55-21-20-33-24-36(57(67)68)18-19-37(33)55)25-39(46(29)74-51-45(63)44(62)42(60)30(2)69-51)71-52-48(73-50(66)32-14-8-4-9-15-32)47(43(61)41(27-58)72-52)70-40(49(64)65)23-31-12-6-3-7-13-31/h4,8-9,14-15,18-21,24,26,29-31,34,39-48,51-52,58,60-63H,3,5-7,10-13,16-17,22-23,25,27-28H2,1-2H3,(H,64,65)/t29?,30?,34?,39-,40+,41+,42-,43+,44+,45?,46-,47?,48?,51+,52-/m1/s1. The highest BCUT2D eigenvalue weighted by Crippen LogP contribution is 2.40. The highest BCUT2D eigenvalue weighted by atomic mass is 16.7. The lowest BCUT2D eigenvalue weighted by Gasteiger charge is -2.48. The summed E-state index contributed by atoms with van der Waals surface area (Å²) in [6.07, 6.45) is -7.06. The number of hydrogen-bond donors (Lipinski definition) is 6. The molecular formula is C52H69N5O17. The van der Waals surface area contributed by atoms with E-state index in [2.05, 4.69) is 10.3 Å². The second-order valence-electron chi connectivity index (χ2n) is 20.4. The van der Waals surface area contributed by atoms with Gasteiger partial charge < -0.3 is 63.6 Å². The number of carbonyl (C=O) groups is 3. The van der Waals surface area contributed by atoms with Gasteiger partial charge in [-0.1, -0.05) is 68.9 Å². The molecule has 15 atom stereocenters. The number of nitro benzene ring substituents is 1. The van der Waals surface area contributed by atoms with Crippen molar-refractivity contribution in [2.75, 3.05) is 6.61 Å². The van der Waals surface area contributed by atoms with E-state index in [-0.39, 0.29) is 42.2 Å². The number of unbranched alkanes of at least 4 members (excludes halogenated alkanes) is 2. The molecule has 22 heteroatoms. The van der Waals surface area contributed by atoms with E-state index in [1.54, 1.807) is 35.0 Å². The topological polar surface area (TPSA) is 307 Å². The first-order valence-corrected chi connectivity index (χ1v) is 25.8. The van der Waals surface area contributed by atoms with Crippen molar-refractivity contribution in [3.63, 3.8) is 0 Å². The lowest BCUT2D eigenvalue weighted by molar-refractivity contribution is -0.384. The van der Waals surface area contributed by atoms with Crippen LogP contribution >= 0.6 is 0 Å². The number of ether oxygens (including phenoxy) is 6. The van der Waals surface area contributed by atoms with E-state index in [0.29, 0.717) is 32.4 Å². The number of hydrogen-bond acceptors (Lipinski definition) is 18. The first-order chi connectivity index (χ1) is 35.6. The molecule has 4 fully saturated rings. The molecule has 404 valence electrons. The predicted octanol–water partition coefficient (Wildman–Crippen LogP) is 4.08. The number of ketones is 1. The number of aliphatic hydroxyl groups excluding tert-OH is 5. The van der Waals surface area contributed by atoms with Crippen LogP contribution in [0.3, 0.4) is 0 Å². The second kappa shape index (κ2) is 25.0. The molecule has 2 aromatic heterocycles. The number of rotatable bonds is 22. The van der Waals surface area contributed by atoms with Crippen LogP contribution in [0.2, 0.25) is 0 Å². The molecule has 8 rings (SSSR count). The summed E-state index contributed by atoms with van der Waals surface area (Å²) >= 11 is 0. The van der Waals surface area contributed by atoms with Crippen LogP contribution < -0.4 is 0 Å². The third-order valence-corrected chi connectivity index (χ3v) is 15.1. The Morgan fingerprint density at radius 2 is 1.64 bits per heavy atom. The number of aromatic nitrogens is 4. The summed E-state index contributed by atoms with van der Waals surface area (Å²) in [5, 5.41) is 85.5. The Labute approximate surface area is 427 Å². The number of fused-ring (bicyclic) bond motifs is 1. The van der Waals surface area contributed by atoms with Crippen LogP contribution in [0.15, 0.2) is 67.0 Å². The van der Waals surface area contributed by atoms with E-state index in [0.717, 1.165) is 55.1 Å². The van der Waals surface area contributed by atoms with Gasteiger partial charge in [0.15, 0.2) is 24.8 Å². The summed E-state index contributed by atoms with van der Waals surface area (Å²) in [5.41, 5.74) is 1.72. The van der Waals surface area contributed by atoms with Crippen molar-refractivity contribution in [1.29, 1.82) is 0 Å². The Morgan fingerprint density at radius 3 is 2.36 bits per heavy atom. The van der Waals surface area contributed by atoms with Crippen molar-refractivity contribution >= 4 is 34.3 Å².